The molecule has 100 valence electrons. The molecule has 8 heteroatoms. The third kappa shape index (κ3) is 2.65. The fraction of sp³-hybridized carbons (Fsp3) is 0.500. The van der Waals surface area contributed by atoms with E-state index in [9.17, 15) is 8.42 Å². The van der Waals surface area contributed by atoms with E-state index in [1.54, 1.807) is 13.8 Å². The molecule has 0 atom stereocenters. The highest BCUT2D eigenvalue weighted by molar-refractivity contribution is 7.94. The first-order valence-electron chi connectivity index (χ1n) is 5.22. The largest absolute Gasteiger partial charge is 0.479 e. The van der Waals surface area contributed by atoms with Crippen LogP contribution in [-0.4, -0.2) is 26.3 Å². The summed E-state index contributed by atoms with van der Waals surface area (Å²) >= 11 is 0. The summed E-state index contributed by atoms with van der Waals surface area (Å²) in [4.78, 5) is 5.11. The summed E-state index contributed by atoms with van der Waals surface area (Å²) in [7, 11) is -2.12. The molecule has 0 bridgehead atoms. The zero-order chi connectivity index (χ0) is 13.4. The minimum absolute atomic E-state index is 0.0304. The number of hydrogen-bond acceptors (Lipinski definition) is 7. The second-order valence-electron chi connectivity index (χ2n) is 4.41. The van der Waals surface area contributed by atoms with Crippen molar-refractivity contribution in [3.8, 4) is 5.88 Å². The van der Waals surface area contributed by atoms with Crippen LogP contribution in [0.4, 0.5) is 0 Å². The van der Waals surface area contributed by atoms with Crippen molar-refractivity contribution in [1.29, 1.82) is 0 Å². The molecule has 0 radical (unpaired) electrons. The van der Waals surface area contributed by atoms with Crippen LogP contribution in [0.5, 0.6) is 5.88 Å². The van der Waals surface area contributed by atoms with Crippen LogP contribution in [-0.2, 0) is 20.4 Å². The Morgan fingerprint density at radius 1 is 1.50 bits per heavy atom. The monoisotopic (exact) mass is 274 g/mol. The molecule has 7 nitrogen and oxygen atoms in total. The average Bonchev–Trinajstić information content (AvgIpc) is 2.84. The number of methoxy groups -OCH3 is 1. The van der Waals surface area contributed by atoms with E-state index < -0.39 is 15.4 Å². The highest BCUT2D eigenvalue weighted by Gasteiger charge is 2.32. The van der Waals surface area contributed by atoms with Crippen LogP contribution in [0.2, 0.25) is 0 Å². The van der Waals surface area contributed by atoms with Gasteiger partial charge < -0.3 is 9.26 Å². The van der Waals surface area contributed by atoms with Gasteiger partial charge in [0.15, 0.2) is 10.8 Å². The molecule has 1 aliphatic rings. The smallest absolute Gasteiger partial charge is 0.254 e. The second kappa shape index (κ2) is 4.29. The van der Waals surface area contributed by atoms with Gasteiger partial charge in [0.25, 0.3) is 5.88 Å². The van der Waals surface area contributed by atoms with Crippen molar-refractivity contribution in [2.24, 2.45) is 0 Å². The minimum atomic E-state index is -3.54. The zero-order valence-electron chi connectivity index (χ0n) is 10.3. The predicted octanol–water partition coefficient (Wildman–Crippen LogP) is 0.753. The lowest BCUT2D eigenvalue weighted by molar-refractivity contribution is -0.0129. The van der Waals surface area contributed by atoms with Gasteiger partial charge in [-0.1, -0.05) is 0 Å². The Labute approximate surface area is 105 Å². The van der Waals surface area contributed by atoms with Gasteiger partial charge in [-0.15, -0.1) is 0 Å². The standard InChI is InChI=1S/C10H14N2O5S/c1-10(2)5-9(12-17-10)18(13,14)6-7-4-8(15-3)11-16-7/h4-5,12H,6H2,1-3H3. The van der Waals surface area contributed by atoms with Crippen molar-refractivity contribution < 1.29 is 22.5 Å². The van der Waals surface area contributed by atoms with E-state index in [2.05, 4.69) is 10.6 Å². The molecular weight excluding hydrogens is 260 g/mol. The molecule has 0 amide bonds. The van der Waals surface area contributed by atoms with E-state index in [1.807, 2.05) is 0 Å². The molecule has 1 aromatic heterocycles. The first-order chi connectivity index (χ1) is 8.32. The molecule has 1 aromatic rings. The Morgan fingerprint density at radius 2 is 2.22 bits per heavy atom. The van der Waals surface area contributed by atoms with Gasteiger partial charge in [-0.05, 0) is 25.1 Å². The van der Waals surface area contributed by atoms with E-state index in [4.69, 9.17) is 14.1 Å². The van der Waals surface area contributed by atoms with Crippen molar-refractivity contribution >= 4 is 9.84 Å². The number of nitrogens with zero attached hydrogens (tertiary/aromatic N) is 1. The van der Waals surface area contributed by atoms with Crippen LogP contribution >= 0.6 is 0 Å². The SMILES string of the molecule is COc1cc(CS(=O)(=O)C2=CC(C)(C)ON2)on1. The first-order valence-corrected chi connectivity index (χ1v) is 6.87. The van der Waals surface area contributed by atoms with Crippen LogP contribution in [0.25, 0.3) is 0 Å². The predicted molar refractivity (Wildman–Crippen MR) is 62.1 cm³/mol. The molecular formula is C10H14N2O5S. The van der Waals surface area contributed by atoms with Crippen LogP contribution in [0.15, 0.2) is 21.7 Å². The van der Waals surface area contributed by atoms with Gasteiger partial charge in [0.2, 0.25) is 9.84 Å². The second-order valence-corrected chi connectivity index (χ2v) is 6.37. The fourth-order valence-electron chi connectivity index (χ4n) is 1.43. The summed E-state index contributed by atoms with van der Waals surface area (Å²) in [6, 6.07) is 1.43. The van der Waals surface area contributed by atoms with Gasteiger partial charge in [0.05, 0.1) is 7.11 Å². The molecule has 2 rings (SSSR count). The van der Waals surface area contributed by atoms with Crippen LogP contribution < -0.4 is 10.2 Å². The van der Waals surface area contributed by atoms with E-state index in [-0.39, 0.29) is 22.4 Å². The van der Waals surface area contributed by atoms with Crippen molar-refractivity contribution in [1.82, 2.24) is 10.6 Å². The molecule has 1 aliphatic heterocycles. The lowest BCUT2D eigenvalue weighted by Gasteiger charge is -2.11. The van der Waals surface area contributed by atoms with Gasteiger partial charge in [-0.2, -0.15) is 0 Å². The normalized spacial score (nSPS) is 18.3. The summed E-state index contributed by atoms with van der Waals surface area (Å²) < 4.78 is 33.8. The Hall–Kier alpha value is -1.54. The lowest BCUT2D eigenvalue weighted by Crippen LogP contribution is -2.22. The van der Waals surface area contributed by atoms with E-state index >= 15 is 0 Å². The third-order valence-corrected chi connectivity index (χ3v) is 3.84. The first kappa shape index (κ1) is 12.9. The summed E-state index contributed by atoms with van der Waals surface area (Å²) in [5.41, 5.74) is 1.76. The molecule has 1 N–H and O–H groups in total. The molecule has 2 heterocycles. The van der Waals surface area contributed by atoms with Gasteiger partial charge in [-0.25, -0.2) is 8.42 Å². The van der Waals surface area contributed by atoms with Gasteiger partial charge in [-0.3, -0.25) is 10.3 Å². The highest BCUT2D eigenvalue weighted by Crippen LogP contribution is 2.24. The number of nitrogens with one attached hydrogen (secondary N) is 1. The Balaban J connectivity index is 2.18. The van der Waals surface area contributed by atoms with E-state index in [0.717, 1.165) is 0 Å². The molecule has 0 aliphatic carbocycles. The maximum atomic E-state index is 12.0. The molecule has 0 aromatic carbocycles. The van der Waals surface area contributed by atoms with E-state index in [1.165, 1.54) is 19.3 Å². The maximum absolute atomic E-state index is 12.0. The molecule has 0 spiro atoms. The Bertz CT molecular complexity index is 573. The molecule has 0 unspecified atom stereocenters. The molecule has 0 fully saturated rings. The number of rotatable bonds is 4. The van der Waals surface area contributed by atoms with Crippen LogP contribution in [0.3, 0.4) is 0 Å². The highest BCUT2D eigenvalue weighted by atomic mass is 32.2. The summed E-state index contributed by atoms with van der Waals surface area (Å²) in [5, 5.41) is 3.57. The number of hydrogen-bond donors (Lipinski definition) is 1. The fourth-order valence-corrected chi connectivity index (χ4v) is 2.73. The molecule has 18 heavy (non-hydrogen) atoms. The number of ether oxygens (including phenoxy) is 1. The van der Waals surface area contributed by atoms with E-state index in [0.29, 0.717) is 0 Å². The van der Waals surface area contributed by atoms with Crippen molar-refractivity contribution in [2.45, 2.75) is 25.2 Å². The minimum Gasteiger partial charge on any atom is -0.479 e. The quantitative estimate of drug-likeness (QED) is 0.866. The number of aromatic nitrogens is 1. The maximum Gasteiger partial charge on any atom is 0.254 e. The number of hydroxylamine groups is 1. The summed E-state index contributed by atoms with van der Waals surface area (Å²) in [6.45, 7) is 3.50. The number of sulfone groups is 1. The molecule has 0 saturated heterocycles. The topological polar surface area (TPSA) is 90.7 Å². The molecule has 0 saturated carbocycles. The zero-order valence-corrected chi connectivity index (χ0v) is 11.1. The summed E-state index contributed by atoms with van der Waals surface area (Å²) in [5.74, 6) is 0.145. The van der Waals surface area contributed by atoms with Crippen molar-refractivity contribution in [3.63, 3.8) is 0 Å². The average molecular weight is 274 g/mol. The van der Waals surface area contributed by atoms with Gasteiger partial charge in [0, 0.05) is 6.07 Å². The lowest BCUT2D eigenvalue weighted by atomic mass is 10.1. The van der Waals surface area contributed by atoms with Crippen molar-refractivity contribution in [2.75, 3.05) is 7.11 Å². The summed E-state index contributed by atoms with van der Waals surface area (Å²) in [6.07, 6.45) is 1.51. The van der Waals surface area contributed by atoms with Gasteiger partial charge in [0.1, 0.15) is 11.4 Å². The van der Waals surface area contributed by atoms with Gasteiger partial charge >= 0.3 is 0 Å². The van der Waals surface area contributed by atoms with Crippen LogP contribution in [0.1, 0.15) is 19.6 Å². The van der Waals surface area contributed by atoms with Crippen LogP contribution in [0, 0.1) is 0 Å². The van der Waals surface area contributed by atoms with Crippen molar-refractivity contribution in [3.05, 3.63) is 22.9 Å². The third-order valence-electron chi connectivity index (χ3n) is 2.31. The Morgan fingerprint density at radius 3 is 2.72 bits per heavy atom. The Kier molecular flexibility index (Phi) is 3.07.